The van der Waals surface area contributed by atoms with Crippen LogP contribution in [0.2, 0.25) is 0 Å². The molecule has 1 fully saturated rings. The van der Waals surface area contributed by atoms with Crippen molar-refractivity contribution in [2.24, 2.45) is 0 Å². The molecule has 14 heavy (non-hydrogen) atoms. The summed E-state index contributed by atoms with van der Waals surface area (Å²) in [6.07, 6.45) is -3.12. The molecule has 1 rings (SSSR count). The van der Waals surface area contributed by atoms with Crippen LogP contribution < -0.4 is 0 Å². The fourth-order valence-electron chi connectivity index (χ4n) is 1.41. The van der Waals surface area contributed by atoms with Crippen LogP contribution in [0.3, 0.4) is 0 Å². The zero-order chi connectivity index (χ0) is 10.7. The van der Waals surface area contributed by atoms with Crippen LogP contribution in [0, 0.1) is 0 Å². The zero-order valence-electron chi connectivity index (χ0n) is 8.46. The lowest BCUT2D eigenvalue weighted by Gasteiger charge is -2.36. The summed E-state index contributed by atoms with van der Waals surface area (Å²) < 4.78 is 10.5. The average molecular weight is 206 g/mol. The summed E-state index contributed by atoms with van der Waals surface area (Å²) in [6.45, 7) is 3.44. The normalized spacial score (nSPS) is 39.0. The summed E-state index contributed by atoms with van der Waals surface area (Å²) in [5, 5.41) is 27.8. The molecule has 3 N–H and O–H groups in total. The van der Waals surface area contributed by atoms with Gasteiger partial charge in [-0.15, -0.1) is 0 Å². The van der Waals surface area contributed by atoms with Crippen molar-refractivity contribution < 1.29 is 24.8 Å². The van der Waals surface area contributed by atoms with Crippen LogP contribution >= 0.6 is 0 Å². The van der Waals surface area contributed by atoms with E-state index in [-0.39, 0.29) is 19.1 Å². The van der Waals surface area contributed by atoms with Crippen molar-refractivity contribution >= 4 is 0 Å². The molecular weight excluding hydrogens is 188 g/mol. The SMILES string of the molecule is CC(C)O[C@@H]1O[C@H](CO)C[C@H](O)[C@H]1O. The van der Waals surface area contributed by atoms with Gasteiger partial charge in [0.2, 0.25) is 0 Å². The van der Waals surface area contributed by atoms with Crippen molar-refractivity contribution in [3.63, 3.8) is 0 Å². The summed E-state index contributed by atoms with van der Waals surface area (Å²) in [5.41, 5.74) is 0. The first-order valence-corrected chi connectivity index (χ1v) is 4.82. The topological polar surface area (TPSA) is 79.2 Å². The van der Waals surface area contributed by atoms with Crippen LogP contribution in [0.1, 0.15) is 20.3 Å². The van der Waals surface area contributed by atoms with Crippen LogP contribution in [0.5, 0.6) is 0 Å². The van der Waals surface area contributed by atoms with Crippen LogP contribution in [0.15, 0.2) is 0 Å². The van der Waals surface area contributed by atoms with Crippen LogP contribution in [-0.2, 0) is 9.47 Å². The lowest BCUT2D eigenvalue weighted by atomic mass is 10.0. The molecule has 1 saturated heterocycles. The van der Waals surface area contributed by atoms with Gasteiger partial charge in [-0.2, -0.15) is 0 Å². The predicted octanol–water partition coefficient (Wildman–Crippen LogP) is -0.760. The highest BCUT2D eigenvalue weighted by atomic mass is 16.7. The second-order valence-corrected chi connectivity index (χ2v) is 3.79. The molecular formula is C9H18O5. The van der Waals surface area contributed by atoms with Gasteiger partial charge in [-0.3, -0.25) is 0 Å². The average Bonchev–Trinajstić information content (AvgIpc) is 2.11. The Labute approximate surface area is 83.3 Å². The Morgan fingerprint density at radius 2 is 2.07 bits per heavy atom. The molecule has 1 aliphatic heterocycles. The zero-order valence-corrected chi connectivity index (χ0v) is 8.46. The molecule has 0 aromatic carbocycles. The molecule has 0 radical (unpaired) electrons. The van der Waals surface area contributed by atoms with Gasteiger partial charge in [0.1, 0.15) is 6.10 Å². The fourth-order valence-corrected chi connectivity index (χ4v) is 1.41. The Morgan fingerprint density at radius 3 is 2.57 bits per heavy atom. The fraction of sp³-hybridized carbons (Fsp3) is 1.00. The Morgan fingerprint density at radius 1 is 1.43 bits per heavy atom. The lowest BCUT2D eigenvalue weighted by molar-refractivity contribution is -0.280. The quantitative estimate of drug-likeness (QED) is 0.565. The van der Waals surface area contributed by atoms with Crippen molar-refractivity contribution in [3.8, 4) is 0 Å². The maximum absolute atomic E-state index is 9.52. The number of hydrogen-bond acceptors (Lipinski definition) is 5. The number of rotatable bonds is 3. The van der Waals surface area contributed by atoms with Gasteiger partial charge in [0.05, 0.1) is 24.9 Å². The summed E-state index contributed by atoms with van der Waals surface area (Å²) in [4.78, 5) is 0. The van der Waals surface area contributed by atoms with Crippen LogP contribution in [-0.4, -0.2) is 52.6 Å². The molecule has 0 amide bonds. The van der Waals surface area contributed by atoms with E-state index in [0.29, 0.717) is 0 Å². The van der Waals surface area contributed by atoms with Crippen molar-refractivity contribution in [3.05, 3.63) is 0 Å². The Hall–Kier alpha value is -0.200. The van der Waals surface area contributed by atoms with Gasteiger partial charge in [-0.1, -0.05) is 0 Å². The number of aliphatic hydroxyl groups excluding tert-OH is 3. The molecule has 0 bridgehead atoms. The predicted molar refractivity (Wildman–Crippen MR) is 48.6 cm³/mol. The van der Waals surface area contributed by atoms with Gasteiger partial charge in [-0.25, -0.2) is 0 Å². The lowest BCUT2D eigenvalue weighted by Crippen LogP contribution is -2.51. The van der Waals surface area contributed by atoms with E-state index in [2.05, 4.69) is 0 Å². The minimum Gasteiger partial charge on any atom is -0.394 e. The Kier molecular flexibility index (Phi) is 4.28. The first kappa shape index (κ1) is 11.9. The van der Waals surface area contributed by atoms with Crippen molar-refractivity contribution in [2.45, 2.75) is 51.0 Å². The number of hydrogen-bond donors (Lipinski definition) is 3. The van der Waals surface area contributed by atoms with Crippen molar-refractivity contribution in [1.82, 2.24) is 0 Å². The molecule has 1 heterocycles. The maximum Gasteiger partial charge on any atom is 0.186 e. The minimum atomic E-state index is -1.04. The summed E-state index contributed by atoms with van der Waals surface area (Å²) in [5.74, 6) is 0. The third-order valence-electron chi connectivity index (χ3n) is 2.11. The number of ether oxygens (including phenoxy) is 2. The second kappa shape index (κ2) is 5.04. The van der Waals surface area contributed by atoms with E-state index in [4.69, 9.17) is 14.6 Å². The van der Waals surface area contributed by atoms with E-state index < -0.39 is 24.6 Å². The van der Waals surface area contributed by atoms with Gasteiger partial charge < -0.3 is 24.8 Å². The molecule has 0 unspecified atom stereocenters. The summed E-state index contributed by atoms with van der Waals surface area (Å²) >= 11 is 0. The highest BCUT2D eigenvalue weighted by Crippen LogP contribution is 2.21. The molecule has 0 aromatic heterocycles. The maximum atomic E-state index is 9.52. The van der Waals surface area contributed by atoms with Gasteiger partial charge >= 0.3 is 0 Å². The first-order chi connectivity index (χ1) is 6.54. The molecule has 0 spiro atoms. The third kappa shape index (κ3) is 2.90. The molecule has 5 heteroatoms. The van der Waals surface area contributed by atoms with Crippen molar-refractivity contribution in [2.75, 3.05) is 6.61 Å². The summed E-state index contributed by atoms with van der Waals surface area (Å²) in [7, 11) is 0. The van der Waals surface area contributed by atoms with E-state index in [1.807, 2.05) is 13.8 Å². The first-order valence-electron chi connectivity index (χ1n) is 4.82. The number of aliphatic hydroxyl groups is 3. The molecule has 1 aliphatic rings. The molecule has 4 atom stereocenters. The highest BCUT2D eigenvalue weighted by Gasteiger charge is 2.37. The molecule has 0 aliphatic carbocycles. The minimum absolute atomic E-state index is 0.0979. The summed E-state index contributed by atoms with van der Waals surface area (Å²) in [6, 6.07) is 0. The van der Waals surface area contributed by atoms with Crippen molar-refractivity contribution in [1.29, 1.82) is 0 Å². The van der Waals surface area contributed by atoms with Gasteiger partial charge in [0.25, 0.3) is 0 Å². The van der Waals surface area contributed by atoms with Gasteiger partial charge in [-0.05, 0) is 13.8 Å². The van der Waals surface area contributed by atoms with Crippen LogP contribution in [0.25, 0.3) is 0 Å². The monoisotopic (exact) mass is 206 g/mol. The largest absolute Gasteiger partial charge is 0.394 e. The highest BCUT2D eigenvalue weighted by molar-refractivity contribution is 4.81. The van der Waals surface area contributed by atoms with Gasteiger partial charge in [0, 0.05) is 6.42 Å². The van der Waals surface area contributed by atoms with Gasteiger partial charge in [0.15, 0.2) is 6.29 Å². The standard InChI is InChI=1S/C9H18O5/c1-5(2)13-9-8(12)7(11)3-6(4-10)14-9/h5-12H,3-4H2,1-2H3/t6-,7-,8+,9+/m0/s1. The molecule has 5 nitrogen and oxygen atoms in total. The van der Waals surface area contributed by atoms with E-state index >= 15 is 0 Å². The van der Waals surface area contributed by atoms with E-state index in [1.165, 1.54) is 0 Å². The Balaban J connectivity index is 2.53. The third-order valence-corrected chi connectivity index (χ3v) is 2.11. The van der Waals surface area contributed by atoms with E-state index in [9.17, 15) is 10.2 Å². The second-order valence-electron chi connectivity index (χ2n) is 3.79. The molecule has 84 valence electrons. The van der Waals surface area contributed by atoms with E-state index in [0.717, 1.165) is 0 Å². The smallest absolute Gasteiger partial charge is 0.186 e. The molecule has 0 saturated carbocycles. The molecule has 0 aromatic rings. The Bertz CT molecular complexity index is 173. The van der Waals surface area contributed by atoms with Crippen LogP contribution in [0.4, 0.5) is 0 Å². The van der Waals surface area contributed by atoms with E-state index in [1.54, 1.807) is 0 Å².